The van der Waals surface area contributed by atoms with Crippen LogP contribution in [0.1, 0.15) is 87.2 Å². The van der Waals surface area contributed by atoms with E-state index in [9.17, 15) is 0 Å². The molecule has 4 aromatic carbocycles. The molecule has 0 bridgehead atoms. The Hall–Kier alpha value is -3.20. The second kappa shape index (κ2) is 11.5. The zero-order valence-corrected chi connectivity index (χ0v) is 26.8. The quantitative estimate of drug-likeness (QED) is 0.166. The number of hydrogen-bond donors (Lipinski definition) is 0. The number of benzene rings is 4. The summed E-state index contributed by atoms with van der Waals surface area (Å²) in [5, 5.41) is 2.77. The first kappa shape index (κ1) is 27.6. The van der Waals surface area contributed by atoms with Crippen molar-refractivity contribution in [1.29, 1.82) is 0 Å². The van der Waals surface area contributed by atoms with E-state index in [0.717, 1.165) is 16.9 Å². The predicted molar refractivity (Wildman–Crippen MR) is 171 cm³/mol. The molecule has 0 amide bonds. The van der Waals surface area contributed by atoms with Crippen molar-refractivity contribution in [2.75, 3.05) is 0 Å². The van der Waals surface area contributed by atoms with Gasteiger partial charge < -0.3 is 9.13 Å². The summed E-state index contributed by atoms with van der Waals surface area (Å²) < 4.78 is 5.00. The number of nitrogens with zero attached hydrogens (tertiary/aromatic N) is 3. The van der Waals surface area contributed by atoms with Gasteiger partial charge in [-0.1, -0.05) is 74.9 Å². The van der Waals surface area contributed by atoms with Crippen molar-refractivity contribution in [2.24, 2.45) is 7.05 Å². The van der Waals surface area contributed by atoms with Crippen LogP contribution in [0.4, 0.5) is 0 Å². The van der Waals surface area contributed by atoms with Crippen LogP contribution in [0.25, 0.3) is 49.9 Å². The first-order valence-corrected chi connectivity index (χ1v) is 15.8. The number of aromatic nitrogens is 3. The summed E-state index contributed by atoms with van der Waals surface area (Å²) in [6, 6.07) is 32.3. The summed E-state index contributed by atoms with van der Waals surface area (Å²) in [5.41, 5.74) is 10.5. The maximum Gasteiger partial charge on any atom is 0.0774 e. The van der Waals surface area contributed by atoms with Gasteiger partial charge in [-0.15, -0.1) is 35.9 Å². The molecule has 0 aliphatic heterocycles. The third-order valence-corrected chi connectivity index (χ3v) is 10.0. The van der Waals surface area contributed by atoms with E-state index in [1.165, 1.54) is 103 Å². The topological polar surface area (TPSA) is 22.8 Å². The van der Waals surface area contributed by atoms with Crippen LogP contribution in [0.5, 0.6) is 0 Å². The van der Waals surface area contributed by atoms with Crippen LogP contribution in [0, 0.1) is 6.07 Å². The molecule has 2 heterocycles. The van der Waals surface area contributed by atoms with Gasteiger partial charge in [-0.3, -0.25) is 4.98 Å². The summed E-state index contributed by atoms with van der Waals surface area (Å²) in [7, 11) is 2.29. The van der Waals surface area contributed by atoms with Crippen LogP contribution in [-0.4, -0.2) is 14.1 Å². The van der Waals surface area contributed by atoms with Crippen molar-refractivity contribution in [3.8, 4) is 17.1 Å². The maximum absolute atomic E-state index is 5.28. The SMILES string of the molecule is Cn1c2ccccc2c2c(-n3c(-c4[c-]cccc4)nc4ccccc43)c(C3CCCCC3)cc(C3CCCCC3)c21.[Ir]. The van der Waals surface area contributed by atoms with Crippen molar-refractivity contribution in [2.45, 2.75) is 76.0 Å². The Morgan fingerprint density at radius 3 is 2.07 bits per heavy atom. The fraction of sp³-hybridized carbons (Fsp3) is 0.342. The monoisotopic (exact) mass is 729 g/mol. The second-order valence-electron chi connectivity index (χ2n) is 12.4. The van der Waals surface area contributed by atoms with Crippen LogP contribution in [0.15, 0.2) is 78.9 Å². The zero-order valence-electron chi connectivity index (χ0n) is 24.4. The number of fused-ring (bicyclic) bond motifs is 4. The van der Waals surface area contributed by atoms with Gasteiger partial charge in [0.15, 0.2) is 0 Å². The van der Waals surface area contributed by atoms with Gasteiger partial charge >= 0.3 is 0 Å². The molecule has 2 fully saturated rings. The average Bonchev–Trinajstić information content (AvgIpc) is 3.58. The molecular formula is C38H38IrN3-. The Balaban J connectivity index is 0.00000288. The summed E-state index contributed by atoms with van der Waals surface area (Å²) in [5.74, 6) is 2.19. The van der Waals surface area contributed by atoms with Gasteiger partial charge in [-0.05, 0) is 66.8 Å². The molecule has 215 valence electrons. The van der Waals surface area contributed by atoms with Crippen molar-refractivity contribution in [1.82, 2.24) is 14.1 Å². The largest absolute Gasteiger partial charge is 0.343 e. The second-order valence-corrected chi connectivity index (χ2v) is 12.4. The fourth-order valence-corrected chi connectivity index (χ4v) is 8.08. The summed E-state index contributed by atoms with van der Waals surface area (Å²) in [4.78, 5) is 5.28. The minimum atomic E-state index is 0. The van der Waals surface area contributed by atoms with Crippen LogP contribution < -0.4 is 0 Å². The number of para-hydroxylation sites is 3. The van der Waals surface area contributed by atoms with Crippen molar-refractivity contribution in [3.63, 3.8) is 0 Å². The number of hydrogen-bond acceptors (Lipinski definition) is 1. The molecule has 0 spiro atoms. The van der Waals surface area contributed by atoms with E-state index in [1.807, 2.05) is 12.1 Å². The van der Waals surface area contributed by atoms with E-state index >= 15 is 0 Å². The van der Waals surface area contributed by atoms with Gasteiger partial charge in [0, 0.05) is 43.4 Å². The van der Waals surface area contributed by atoms with E-state index in [2.05, 4.69) is 89.0 Å². The summed E-state index contributed by atoms with van der Waals surface area (Å²) in [6.45, 7) is 0. The van der Waals surface area contributed by atoms with Gasteiger partial charge in [0.1, 0.15) is 0 Å². The maximum atomic E-state index is 5.28. The van der Waals surface area contributed by atoms with Crippen LogP contribution in [0.3, 0.4) is 0 Å². The number of rotatable bonds is 4. The third kappa shape index (κ3) is 4.46. The molecule has 4 heteroatoms. The molecular weight excluding hydrogens is 691 g/mol. The third-order valence-electron chi connectivity index (χ3n) is 10.0. The fourth-order valence-electron chi connectivity index (χ4n) is 8.08. The predicted octanol–water partition coefficient (Wildman–Crippen LogP) is 10.2. The van der Waals surface area contributed by atoms with Crippen molar-refractivity contribution < 1.29 is 20.1 Å². The van der Waals surface area contributed by atoms with Gasteiger partial charge in [0.25, 0.3) is 0 Å². The van der Waals surface area contributed by atoms with E-state index in [-0.39, 0.29) is 20.1 Å². The van der Waals surface area contributed by atoms with Gasteiger partial charge in [-0.25, -0.2) is 0 Å². The van der Waals surface area contributed by atoms with E-state index < -0.39 is 0 Å². The minimum Gasteiger partial charge on any atom is -0.343 e. The summed E-state index contributed by atoms with van der Waals surface area (Å²) >= 11 is 0. The molecule has 0 saturated heterocycles. The van der Waals surface area contributed by atoms with Crippen LogP contribution in [-0.2, 0) is 27.2 Å². The Labute approximate surface area is 262 Å². The Morgan fingerprint density at radius 2 is 1.36 bits per heavy atom. The first-order valence-electron chi connectivity index (χ1n) is 15.8. The molecule has 6 aromatic rings. The molecule has 3 nitrogen and oxygen atoms in total. The van der Waals surface area contributed by atoms with Crippen molar-refractivity contribution in [3.05, 3.63) is 96.1 Å². The molecule has 2 aromatic heterocycles. The van der Waals surface area contributed by atoms with Gasteiger partial charge in [-0.2, -0.15) is 0 Å². The molecule has 42 heavy (non-hydrogen) atoms. The number of aryl methyl sites for hydroxylation is 1. The Morgan fingerprint density at radius 1 is 0.714 bits per heavy atom. The molecule has 8 rings (SSSR count). The zero-order chi connectivity index (χ0) is 27.3. The molecule has 0 unspecified atom stereocenters. The minimum absolute atomic E-state index is 0. The first-order chi connectivity index (χ1) is 20.3. The van der Waals surface area contributed by atoms with Crippen LogP contribution in [0.2, 0.25) is 0 Å². The average molecular weight is 729 g/mol. The Kier molecular flexibility index (Phi) is 7.54. The molecule has 1 radical (unpaired) electrons. The van der Waals surface area contributed by atoms with Crippen molar-refractivity contribution >= 4 is 32.8 Å². The van der Waals surface area contributed by atoms with Crippen LogP contribution >= 0.6 is 0 Å². The number of imidazole rings is 1. The van der Waals surface area contributed by atoms with E-state index in [4.69, 9.17) is 4.98 Å². The van der Waals surface area contributed by atoms with Gasteiger partial charge in [0.2, 0.25) is 0 Å². The smallest absolute Gasteiger partial charge is 0.0774 e. The normalized spacial score (nSPS) is 16.8. The molecule has 0 atom stereocenters. The van der Waals surface area contributed by atoms with Gasteiger partial charge in [0.05, 0.1) is 28.1 Å². The molecule has 2 saturated carbocycles. The molecule has 2 aliphatic rings. The molecule has 0 N–H and O–H groups in total. The van der Waals surface area contributed by atoms with E-state index in [1.54, 1.807) is 5.56 Å². The standard InChI is InChI=1S/C38H38N3.Ir/c1-40-33-23-13-11-21-29(33)35-36(40)30(26-15-5-2-6-16-26)25-31(27-17-7-3-8-18-27)37(35)41-34-24-14-12-22-32(34)39-38(41)28-19-9-4-10-20-28;/h4,9-14,19,21-27H,2-3,5-8,15-18H2,1H3;/q-1;. The summed E-state index contributed by atoms with van der Waals surface area (Å²) in [6.07, 6.45) is 13.2. The van der Waals surface area contributed by atoms with E-state index in [0.29, 0.717) is 11.8 Å². The Bertz CT molecular complexity index is 1870. The molecule has 2 aliphatic carbocycles.